The Balaban J connectivity index is 2.88. The van der Waals surface area contributed by atoms with E-state index < -0.39 is 10.0 Å². The first-order valence-electron chi connectivity index (χ1n) is 6.64. The number of aromatic amines is 1. The lowest BCUT2D eigenvalue weighted by atomic mass is 10.0. The topological polar surface area (TPSA) is 86.9 Å². The maximum absolute atomic E-state index is 12.3. The highest BCUT2D eigenvalue weighted by Gasteiger charge is 2.23. The van der Waals surface area contributed by atoms with E-state index >= 15 is 0 Å². The van der Waals surface area contributed by atoms with E-state index in [4.69, 9.17) is 0 Å². The van der Waals surface area contributed by atoms with Crippen LogP contribution in [0.1, 0.15) is 37.9 Å². The molecule has 6 nitrogen and oxygen atoms in total. The number of hydrogen-bond donors (Lipinski definition) is 3. The number of H-pyrrole nitrogens is 1. The van der Waals surface area contributed by atoms with Gasteiger partial charge in [-0.25, -0.2) is 13.1 Å². The van der Waals surface area contributed by atoms with Gasteiger partial charge in [0, 0.05) is 24.3 Å². The van der Waals surface area contributed by atoms with E-state index in [-0.39, 0.29) is 5.03 Å². The summed E-state index contributed by atoms with van der Waals surface area (Å²) in [5.41, 5.74) is 1.47. The molecule has 0 unspecified atom stereocenters. The standard InChI is InChI=1S/C12H24N4O2S/c1-5-10(6-2)7-14-19(17,18)12-11(8-13-4)9(3)15-16-12/h10,13-14H,5-8H2,1-4H3,(H,15,16). The molecule has 1 aromatic rings. The predicted octanol–water partition coefficient (Wildman–Crippen LogP) is 1.15. The maximum atomic E-state index is 12.3. The molecule has 0 fully saturated rings. The maximum Gasteiger partial charge on any atom is 0.260 e. The van der Waals surface area contributed by atoms with Crippen LogP contribution < -0.4 is 10.0 Å². The van der Waals surface area contributed by atoms with Crippen molar-refractivity contribution in [1.82, 2.24) is 20.2 Å². The van der Waals surface area contributed by atoms with Crippen LogP contribution in [0, 0.1) is 12.8 Å². The average molecular weight is 288 g/mol. The summed E-state index contributed by atoms with van der Waals surface area (Å²) in [5, 5.41) is 9.72. The molecule has 19 heavy (non-hydrogen) atoms. The highest BCUT2D eigenvalue weighted by Crippen LogP contribution is 2.16. The molecule has 0 radical (unpaired) electrons. The van der Waals surface area contributed by atoms with E-state index in [1.54, 1.807) is 7.05 Å². The van der Waals surface area contributed by atoms with Crippen molar-refractivity contribution in [3.8, 4) is 0 Å². The van der Waals surface area contributed by atoms with E-state index in [2.05, 4.69) is 34.1 Å². The van der Waals surface area contributed by atoms with Gasteiger partial charge in [0.15, 0.2) is 5.03 Å². The van der Waals surface area contributed by atoms with Gasteiger partial charge in [0.2, 0.25) is 0 Å². The van der Waals surface area contributed by atoms with Gasteiger partial charge >= 0.3 is 0 Å². The Hall–Kier alpha value is -0.920. The van der Waals surface area contributed by atoms with Crippen molar-refractivity contribution < 1.29 is 8.42 Å². The molecule has 0 aliphatic rings. The van der Waals surface area contributed by atoms with Crippen molar-refractivity contribution in [2.45, 2.75) is 45.2 Å². The largest absolute Gasteiger partial charge is 0.316 e. The molecule has 3 N–H and O–H groups in total. The van der Waals surface area contributed by atoms with Gasteiger partial charge in [-0.3, -0.25) is 5.10 Å². The van der Waals surface area contributed by atoms with Gasteiger partial charge in [0.25, 0.3) is 10.0 Å². The van der Waals surface area contributed by atoms with Crippen molar-refractivity contribution >= 4 is 10.0 Å². The van der Waals surface area contributed by atoms with E-state index in [9.17, 15) is 8.42 Å². The monoisotopic (exact) mass is 288 g/mol. The Morgan fingerprint density at radius 2 is 1.95 bits per heavy atom. The fourth-order valence-corrected chi connectivity index (χ4v) is 3.22. The highest BCUT2D eigenvalue weighted by molar-refractivity contribution is 7.89. The first kappa shape index (κ1) is 16.1. The molecule has 0 saturated carbocycles. The number of nitrogens with zero attached hydrogens (tertiary/aromatic N) is 1. The van der Waals surface area contributed by atoms with Crippen LogP contribution in [0.2, 0.25) is 0 Å². The second-order valence-electron chi connectivity index (χ2n) is 4.70. The molecule has 0 atom stereocenters. The molecule has 0 saturated heterocycles. The minimum absolute atomic E-state index is 0.102. The molecule has 0 amide bonds. The third-order valence-electron chi connectivity index (χ3n) is 3.36. The minimum Gasteiger partial charge on any atom is -0.316 e. The van der Waals surface area contributed by atoms with Gasteiger partial charge in [0.05, 0.1) is 0 Å². The summed E-state index contributed by atoms with van der Waals surface area (Å²) in [7, 11) is -1.76. The lowest BCUT2D eigenvalue weighted by Crippen LogP contribution is -2.30. The molecule has 0 spiro atoms. The van der Waals surface area contributed by atoms with Crippen molar-refractivity contribution in [2.75, 3.05) is 13.6 Å². The molecule has 7 heteroatoms. The zero-order chi connectivity index (χ0) is 14.5. The molecule has 0 aliphatic heterocycles. The average Bonchev–Trinajstić information content (AvgIpc) is 2.74. The SMILES string of the molecule is CCC(CC)CNS(=O)(=O)c1n[nH]c(C)c1CNC. The van der Waals surface area contributed by atoms with Gasteiger partial charge in [-0.1, -0.05) is 26.7 Å². The predicted molar refractivity (Wildman–Crippen MR) is 75.3 cm³/mol. The van der Waals surface area contributed by atoms with Gasteiger partial charge in [0.1, 0.15) is 0 Å². The number of sulfonamides is 1. The highest BCUT2D eigenvalue weighted by atomic mass is 32.2. The van der Waals surface area contributed by atoms with Crippen LogP contribution in [0.3, 0.4) is 0 Å². The molecule has 1 rings (SSSR count). The fraction of sp³-hybridized carbons (Fsp3) is 0.750. The van der Waals surface area contributed by atoms with E-state index in [1.165, 1.54) is 0 Å². The summed E-state index contributed by atoms with van der Waals surface area (Å²) in [6.45, 7) is 6.88. The van der Waals surface area contributed by atoms with E-state index in [1.807, 2.05) is 6.92 Å². The van der Waals surface area contributed by atoms with Crippen molar-refractivity contribution in [3.63, 3.8) is 0 Å². The number of hydrogen-bond acceptors (Lipinski definition) is 4. The minimum atomic E-state index is -3.54. The van der Waals surface area contributed by atoms with Crippen LogP contribution in [0.25, 0.3) is 0 Å². The first-order chi connectivity index (χ1) is 8.96. The molecular weight excluding hydrogens is 264 g/mol. The Labute approximate surface area is 115 Å². The third-order valence-corrected chi connectivity index (χ3v) is 4.75. The quantitative estimate of drug-likeness (QED) is 0.670. The van der Waals surface area contributed by atoms with Crippen molar-refractivity contribution in [3.05, 3.63) is 11.3 Å². The number of rotatable bonds is 8. The summed E-state index contributed by atoms with van der Waals surface area (Å²) >= 11 is 0. The fourth-order valence-electron chi connectivity index (χ4n) is 1.91. The summed E-state index contributed by atoms with van der Waals surface area (Å²) in [5.74, 6) is 0.363. The zero-order valence-corrected chi connectivity index (χ0v) is 12.9. The van der Waals surface area contributed by atoms with E-state index in [0.717, 1.165) is 18.5 Å². The molecule has 110 valence electrons. The molecule has 1 aromatic heterocycles. The summed E-state index contributed by atoms with van der Waals surface area (Å²) in [6, 6.07) is 0. The van der Waals surface area contributed by atoms with Crippen molar-refractivity contribution in [1.29, 1.82) is 0 Å². The van der Waals surface area contributed by atoms with Crippen LogP contribution in [-0.4, -0.2) is 32.2 Å². The third kappa shape index (κ3) is 4.02. The van der Waals surface area contributed by atoms with Gasteiger partial charge in [-0.15, -0.1) is 0 Å². The first-order valence-corrected chi connectivity index (χ1v) is 8.12. The molecule has 0 aliphatic carbocycles. The van der Waals surface area contributed by atoms with Crippen LogP contribution in [-0.2, 0) is 16.6 Å². The molecule has 0 aromatic carbocycles. The van der Waals surface area contributed by atoms with Crippen LogP contribution in [0.5, 0.6) is 0 Å². The normalized spacial score (nSPS) is 12.3. The summed E-state index contributed by atoms with van der Waals surface area (Å²) in [6.07, 6.45) is 1.92. The number of aromatic nitrogens is 2. The Kier molecular flexibility index (Phi) is 5.96. The molecule has 1 heterocycles. The molecular formula is C12H24N4O2S. The second-order valence-corrected chi connectivity index (χ2v) is 6.38. The Morgan fingerprint density at radius 1 is 1.32 bits per heavy atom. The number of aryl methyl sites for hydroxylation is 1. The number of nitrogens with one attached hydrogen (secondary N) is 3. The Bertz CT molecular complexity index is 492. The van der Waals surface area contributed by atoms with Crippen LogP contribution in [0.15, 0.2) is 5.03 Å². The van der Waals surface area contributed by atoms with Gasteiger partial charge < -0.3 is 5.32 Å². The smallest absolute Gasteiger partial charge is 0.260 e. The Morgan fingerprint density at radius 3 is 2.47 bits per heavy atom. The lowest BCUT2D eigenvalue weighted by Gasteiger charge is -2.13. The van der Waals surface area contributed by atoms with Gasteiger partial charge in [-0.2, -0.15) is 5.10 Å². The van der Waals surface area contributed by atoms with E-state index in [0.29, 0.717) is 24.6 Å². The lowest BCUT2D eigenvalue weighted by molar-refractivity contribution is 0.478. The molecule has 0 bridgehead atoms. The van der Waals surface area contributed by atoms with Crippen LogP contribution in [0.4, 0.5) is 0 Å². The second kappa shape index (κ2) is 7.02. The van der Waals surface area contributed by atoms with Crippen LogP contribution >= 0.6 is 0 Å². The van der Waals surface area contributed by atoms with Crippen molar-refractivity contribution in [2.24, 2.45) is 5.92 Å². The summed E-state index contributed by atoms with van der Waals surface area (Å²) < 4.78 is 27.2. The summed E-state index contributed by atoms with van der Waals surface area (Å²) in [4.78, 5) is 0. The van der Waals surface area contributed by atoms with Gasteiger partial charge in [-0.05, 0) is 19.9 Å². The zero-order valence-electron chi connectivity index (χ0n) is 12.1.